The summed E-state index contributed by atoms with van der Waals surface area (Å²) < 4.78 is 5.28. The summed E-state index contributed by atoms with van der Waals surface area (Å²) in [7, 11) is 0. The van der Waals surface area contributed by atoms with Gasteiger partial charge in [-0.1, -0.05) is 71.6 Å². The Morgan fingerprint density at radius 1 is 0.882 bits per heavy atom. The standard InChI is InChI=1S/C16H33O/c1-4-6-7-8-9-10-11-12-13-16(3)14-15-17-5-2/h16H,2,4-15H2,1,3H3. The van der Waals surface area contributed by atoms with Crippen molar-refractivity contribution in [2.45, 2.75) is 78.1 Å². The van der Waals surface area contributed by atoms with Gasteiger partial charge in [-0.3, -0.25) is 0 Å². The topological polar surface area (TPSA) is 9.23 Å². The Morgan fingerprint density at radius 3 is 2.06 bits per heavy atom. The zero-order chi connectivity index (χ0) is 12.8. The quantitative estimate of drug-likeness (QED) is 0.393. The van der Waals surface area contributed by atoms with Crippen molar-refractivity contribution in [3.05, 3.63) is 6.92 Å². The molecule has 0 amide bonds. The first-order chi connectivity index (χ1) is 8.31. The van der Waals surface area contributed by atoms with Crippen molar-refractivity contribution in [3.8, 4) is 0 Å². The number of hydrogen-bond donors (Lipinski definition) is 0. The Balaban J connectivity index is 3.05. The molecule has 1 radical (unpaired) electrons. The second kappa shape index (κ2) is 14.0. The second-order valence-electron chi connectivity index (χ2n) is 5.27. The summed E-state index contributed by atoms with van der Waals surface area (Å²) in [6, 6.07) is 0. The first kappa shape index (κ1) is 17.0. The number of hydrogen-bond acceptors (Lipinski definition) is 1. The molecule has 0 rings (SSSR count). The predicted octanol–water partition coefficient (Wildman–Crippen LogP) is 5.39. The minimum Gasteiger partial charge on any atom is -0.381 e. The van der Waals surface area contributed by atoms with Gasteiger partial charge < -0.3 is 4.74 Å². The van der Waals surface area contributed by atoms with Gasteiger partial charge in [0.15, 0.2) is 0 Å². The van der Waals surface area contributed by atoms with E-state index in [2.05, 4.69) is 20.8 Å². The molecule has 0 saturated heterocycles. The van der Waals surface area contributed by atoms with Crippen LogP contribution < -0.4 is 0 Å². The summed E-state index contributed by atoms with van der Waals surface area (Å²) in [5.41, 5.74) is 0. The maximum Gasteiger partial charge on any atom is 0.0468 e. The van der Waals surface area contributed by atoms with E-state index in [4.69, 9.17) is 4.74 Å². The van der Waals surface area contributed by atoms with Crippen molar-refractivity contribution in [2.24, 2.45) is 5.92 Å². The molecule has 0 fully saturated rings. The van der Waals surface area contributed by atoms with Crippen LogP contribution in [0, 0.1) is 12.8 Å². The van der Waals surface area contributed by atoms with Crippen LogP contribution in [0.1, 0.15) is 78.1 Å². The number of rotatable bonds is 13. The van der Waals surface area contributed by atoms with Crippen molar-refractivity contribution >= 4 is 0 Å². The molecular weight excluding hydrogens is 208 g/mol. The lowest BCUT2D eigenvalue weighted by molar-refractivity contribution is 0.144. The minimum atomic E-state index is 0.616. The highest BCUT2D eigenvalue weighted by Gasteiger charge is 2.01. The van der Waals surface area contributed by atoms with Gasteiger partial charge in [-0.15, -0.1) is 0 Å². The van der Waals surface area contributed by atoms with Gasteiger partial charge >= 0.3 is 0 Å². The highest BCUT2D eigenvalue weighted by atomic mass is 16.5. The third-order valence-electron chi connectivity index (χ3n) is 3.45. The summed E-state index contributed by atoms with van der Waals surface area (Å²) in [4.78, 5) is 0. The highest BCUT2D eigenvalue weighted by Crippen LogP contribution is 2.15. The minimum absolute atomic E-state index is 0.616. The van der Waals surface area contributed by atoms with Crippen molar-refractivity contribution in [3.63, 3.8) is 0 Å². The molecule has 17 heavy (non-hydrogen) atoms. The van der Waals surface area contributed by atoms with Crippen molar-refractivity contribution in [1.29, 1.82) is 0 Å². The van der Waals surface area contributed by atoms with E-state index in [-0.39, 0.29) is 0 Å². The van der Waals surface area contributed by atoms with Crippen LogP contribution in [0.2, 0.25) is 0 Å². The van der Waals surface area contributed by atoms with Gasteiger partial charge in [0.25, 0.3) is 0 Å². The maximum atomic E-state index is 5.28. The Kier molecular flexibility index (Phi) is 14.0. The molecule has 0 saturated carbocycles. The summed E-state index contributed by atoms with van der Waals surface area (Å²) in [6.07, 6.45) is 13.9. The van der Waals surface area contributed by atoms with Crippen molar-refractivity contribution in [2.75, 3.05) is 13.2 Å². The molecule has 0 aromatic rings. The van der Waals surface area contributed by atoms with Crippen LogP contribution >= 0.6 is 0 Å². The van der Waals surface area contributed by atoms with E-state index >= 15 is 0 Å². The molecule has 1 heteroatoms. The largest absolute Gasteiger partial charge is 0.381 e. The molecule has 103 valence electrons. The Hall–Kier alpha value is -0.0400. The fourth-order valence-corrected chi connectivity index (χ4v) is 2.16. The molecule has 0 aliphatic heterocycles. The summed E-state index contributed by atoms with van der Waals surface area (Å²) in [6.45, 7) is 9.80. The lowest BCUT2D eigenvalue weighted by atomic mass is 9.99. The van der Waals surface area contributed by atoms with Gasteiger partial charge in [0.2, 0.25) is 0 Å². The van der Waals surface area contributed by atoms with Gasteiger partial charge in [-0.2, -0.15) is 0 Å². The first-order valence-electron chi connectivity index (χ1n) is 7.68. The summed E-state index contributed by atoms with van der Waals surface area (Å²) >= 11 is 0. The van der Waals surface area contributed by atoms with E-state index in [0.29, 0.717) is 6.61 Å². The van der Waals surface area contributed by atoms with Crippen LogP contribution in [0.5, 0.6) is 0 Å². The second-order valence-corrected chi connectivity index (χ2v) is 5.27. The zero-order valence-corrected chi connectivity index (χ0v) is 12.2. The Bertz CT molecular complexity index is 133. The van der Waals surface area contributed by atoms with Crippen LogP contribution in [0.25, 0.3) is 0 Å². The van der Waals surface area contributed by atoms with Gasteiger partial charge in [0, 0.05) is 13.2 Å². The molecule has 0 heterocycles. The Labute approximate surface area is 109 Å². The molecular formula is C16H33O. The molecule has 0 aromatic carbocycles. The van der Waals surface area contributed by atoms with E-state index < -0.39 is 0 Å². The fourth-order valence-electron chi connectivity index (χ4n) is 2.16. The third kappa shape index (κ3) is 13.9. The number of unbranched alkanes of at least 4 members (excludes halogenated alkanes) is 7. The SMILES string of the molecule is [CH2]COCCC(C)CCCCCCCCCC. The molecule has 0 aromatic heterocycles. The average Bonchev–Trinajstić information content (AvgIpc) is 2.33. The van der Waals surface area contributed by atoms with Crippen molar-refractivity contribution in [1.82, 2.24) is 0 Å². The van der Waals surface area contributed by atoms with E-state index in [1.54, 1.807) is 0 Å². The van der Waals surface area contributed by atoms with Crippen LogP contribution in [0.3, 0.4) is 0 Å². The van der Waals surface area contributed by atoms with Crippen LogP contribution in [-0.2, 0) is 4.74 Å². The van der Waals surface area contributed by atoms with Crippen LogP contribution in [-0.4, -0.2) is 13.2 Å². The van der Waals surface area contributed by atoms with Crippen molar-refractivity contribution < 1.29 is 4.74 Å². The highest BCUT2D eigenvalue weighted by molar-refractivity contribution is 4.54. The fraction of sp³-hybridized carbons (Fsp3) is 0.938. The normalized spacial score (nSPS) is 12.9. The lowest BCUT2D eigenvalue weighted by Gasteiger charge is -2.10. The molecule has 1 unspecified atom stereocenters. The summed E-state index contributed by atoms with van der Waals surface area (Å²) in [5.74, 6) is 0.821. The predicted molar refractivity (Wildman–Crippen MR) is 77.2 cm³/mol. The lowest BCUT2D eigenvalue weighted by Crippen LogP contribution is -2.01. The zero-order valence-electron chi connectivity index (χ0n) is 12.2. The van der Waals surface area contributed by atoms with Gasteiger partial charge in [0.1, 0.15) is 0 Å². The monoisotopic (exact) mass is 241 g/mol. The molecule has 0 bridgehead atoms. The van der Waals surface area contributed by atoms with E-state index in [1.165, 1.54) is 64.2 Å². The van der Waals surface area contributed by atoms with Crippen LogP contribution in [0.15, 0.2) is 0 Å². The molecule has 1 atom stereocenters. The molecule has 0 N–H and O–H groups in total. The molecule has 1 nitrogen and oxygen atoms in total. The van der Waals surface area contributed by atoms with Gasteiger partial charge in [-0.05, 0) is 19.3 Å². The third-order valence-corrected chi connectivity index (χ3v) is 3.45. The average molecular weight is 241 g/mol. The van der Waals surface area contributed by atoms with E-state index in [0.717, 1.165) is 12.5 Å². The maximum absolute atomic E-state index is 5.28. The number of ether oxygens (including phenoxy) is 1. The first-order valence-corrected chi connectivity index (χ1v) is 7.68. The van der Waals surface area contributed by atoms with E-state index in [1.807, 2.05) is 0 Å². The smallest absolute Gasteiger partial charge is 0.0468 e. The molecule has 0 aliphatic carbocycles. The molecule has 0 spiro atoms. The van der Waals surface area contributed by atoms with Crippen LogP contribution in [0.4, 0.5) is 0 Å². The van der Waals surface area contributed by atoms with Gasteiger partial charge in [0.05, 0.1) is 0 Å². The molecule has 0 aliphatic rings. The van der Waals surface area contributed by atoms with Gasteiger partial charge in [-0.25, -0.2) is 0 Å². The Morgan fingerprint density at radius 2 is 1.47 bits per heavy atom. The van der Waals surface area contributed by atoms with E-state index in [9.17, 15) is 0 Å². The summed E-state index contributed by atoms with van der Waals surface area (Å²) in [5, 5.41) is 0.